The number of amides is 1. The first-order valence-electron chi connectivity index (χ1n) is 4.16. The van der Waals surface area contributed by atoms with Gasteiger partial charge in [-0.25, -0.2) is 0 Å². The average Bonchev–Trinajstić information content (AvgIpc) is 2.16. The summed E-state index contributed by atoms with van der Waals surface area (Å²) in [6, 6.07) is 5.89. The molecule has 3 nitrogen and oxygen atoms in total. The minimum atomic E-state index is 0.809. The van der Waals surface area contributed by atoms with E-state index in [9.17, 15) is 4.79 Å². The number of para-hydroxylation sites is 1. The Morgan fingerprint density at radius 1 is 1.46 bits per heavy atom. The lowest BCUT2D eigenvalue weighted by Gasteiger charge is -2.18. The molecule has 0 saturated carbocycles. The summed E-state index contributed by atoms with van der Waals surface area (Å²) in [6.07, 6.45) is 0.809. The highest BCUT2D eigenvalue weighted by Crippen LogP contribution is 2.27. The van der Waals surface area contributed by atoms with Crippen molar-refractivity contribution in [1.82, 2.24) is 0 Å². The van der Waals surface area contributed by atoms with Crippen LogP contribution in [-0.4, -0.2) is 20.5 Å². The highest BCUT2D eigenvalue weighted by molar-refractivity contribution is 5.84. The Kier molecular flexibility index (Phi) is 2.90. The Morgan fingerprint density at radius 3 is 2.69 bits per heavy atom. The molecule has 0 aliphatic carbocycles. The van der Waals surface area contributed by atoms with E-state index in [2.05, 4.69) is 5.32 Å². The van der Waals surface area contributed by atoms with Crippen molar-refractivity contribution >= 4 is 17.8 Å². The standard InChI is InChI=1S/C10H14N2O/c1-8-5-4-6-9(11-2)10(8)12(3)7-13/h4-7,11H,1-3H3. The molecule has 1 N–H and O–H groups in total. The summed E-state index contributed by atoms with van der Waals surface area (Å²) < 4.78 is 0. The number of rotatable bonds is 3. The minimum Gasteiger partial charge on any atom is -0.386 e. The Bertz CT molecular complexity index is 310. The molecule has 70 valence electrons. The highest BCUT2D eigenvalue weighted by Gasteiger charge is 2.07. The number of carbonyl (C=O) groups excluding carboxylic acids is 1. The van der Waals surface area contributed by atoms with Gasteiger partial charge in [-0.2, -0.15) is 0 Å². The van der Waals surface area contributed by atoms with Gasteiger partial charge >= 0.3 is 0 Å². The molecule has 13 heavy (non-hydrogen) atoms. The lowest BCUT2D eigenvalue weighted by Crippen LogP contribution is -2.16. The lowest BCUT2D eigenvalue weighted by molar-refractivity contribution is -0.107. The second-order valence-electron chi connectivity index (χ2n) is 2.94. The monoisotopic (exact) mass is 178 g/mol. The van der Waals surface area contributed by atoms with Crippen LogP contribution in [0.4, 0.5) is 11.4 Å². The van der Waals surface area contributed by atoms with E-state index in [0.717, 1.165) is 23.3 Å². The molecule has 1 rings (SSSR count). The SMILES string of the molecule is CNc1cccc(C)c1N(C)C=O. The van der Waals surface area contributed by atoms with Crippen LogP contribution < -0.4 is 10.2 Å². The number of carbonyl (C=O) groups is 1. The summed E-state index contributed by atoms with van der Waals surface area (Å²) in [7, 11) is 3.59. The molecule has 0 aliphatic heterocycles. The van der Waals surface area contributed by atoms with Crippen LogP contribution in [-0.2, 0) is 4.79 Å². The van der Waals surface area contributed by atoms with Crippen LogP contribution in [0.1, 0.15) is 5.56 Å². The zero-order chi connectivity index (χ0) is 9.84. The van der Waals surface area contributed by atoms with E-state index in [4.69, 9.17) is 0 Å². The molecule has 0 saturated heterocycles. The number of hydrogen-bond acceptors (Lipinski definition) is 2. The van der Waals surface area contributed by atoms with Crippen molar-refractivity contribution in [2.75, 3.05) is 24.3 Å². The van der Waals surface area contributed by atoms with Crippen molar-refractivity contribution in [3.63, 3.8) is 0 Å². The van der Waals surface area contributed by atoms with Crippen LogP contribution in [0.3, 0.4) is 0 Å². The fourth-order valence-corrected chi connectivity index (χ4v) is 1.38. The Labute approximate surface area is 78.4 Å². The van der Waals surface area contributed by atoms with Gasteiger partial charge in [0.15, 0.2) is 0 Å². The molecule has 3 heteroatoms. The van der Waals surface area contributed by atoms with Gasteiger partial charge in [-0.15, -0.1) is 0 Å². The molecule has 0 atom stereocenters. The smallest absolute Gasteiger partial charge is 0.213 e. The molecule has 0 bridgehead atoms. The van der Waals surface area contributed by atoms with Gasteiger partial charge in [0.25, 0.3) is 0 Å². The second kappa shape index (κ2) is 3.94. The van der Waals surface area contributed by atoms with Gasteiger partial charge < -0.3 is 10.2 Å². The third-order valence-electron chi connectivity index (χ3n) is 2.02. The van der Waals surface area contributed by atoms with Crippen LogP contribution >= 0.6 is 0 Å². The maximum Gasteiger partial charge on any atom is 0.213 e. The molecule has 0 spiro atoms. The van der Waals surface area contributed by atoms with Crippen molar-refractivity contribution in [3.05, 3.63) is 23.8 Å². The first kappa shape index (κ1) is 9.58. The van der Waals surface area contributed by atoms with E-state index >= 15 is 0 Å². The third kappa shape index (κ3) is 1.80. The average molecular weight is 178 g/mol. The summed E-state index contributed by atoms with van der Waals surface area (Å²) in [4.78, 5) is 12.2. The van der Waals surface area contributed by atoms with Gasteiger partial charge in [-0.05, 0) is 18.6 Å². The third-order valence-corrected chi connectivity index (χ3v) is 2.02. The molecule has 0 aromatic heterocycles. The number of nitrogens with zero attached hydrogens (tertiary/aromatic N) is 1. The van der Waals surface area contributed by atoms with Gasteiger partial charge in [0.05, 0.1) is 11.4 Å². The van der Waals surface area contributed by atoms with Gasteiger partial charge in [-0.3, -0.25) is 4.79 Å². The normalized spacial score (nSPS) is 9.46. The predicted octanol–water partition coefficient (Wildman–Crippen LogP) is 1.63. The first-order valence-corrected chi connectivity index (χ1v) is 4.16. The Balaban J connectivity index is 3.22. The molecule has 1 aromatic carbocycles. The van der Waals surface area contributed by atoms with Crippen LogP contribution in [0.15, 0.2) is 18.2 Å². The van der Waals surface area contributed by atoms with E-state index in [1.807, 2.05) is 32.2 Å². The fourth-order valence-electron chi connectivity index (χ4n) is 1.38. The van der Waals surface area contributed by atoms with E-state index in [1.54, 1.807) is 11.9 Å². The van der Waals surface area contributed by atoms with Gasteiger partial charge in [0, 0.05) is 14.1 Å². The summed E-state index contributed by atoms with van der Waals surface area (Å²) >= 11 is 0. The Morgan fingerprint density at radius 2 is 2.15 bits per heavy atom. The van der Waals surface area contributed by atoms with Crippen molar-refractivity contribution < 1.29 is 4.79 Å². The zero-order valence-electron chi connectivity index (χ0n) is 8.16. The van der Waals surface area contributed by atoms with Crippen LogP contribution in [0.5, 0.6) is 0 Å². The molecule has 0 aliphatic rings. The van der Waals surface area contributed by atoms with E-state index in [-0.39, 0.29) is 0 Å². The quantitative estimate of drug-likeness (QED) is 0.713. The first-order chi connectivity index (χ1) is 6.20. The molecule has 0 heterocycles. The summed E-state index contributed by atoms with van der Waals surface area (Å²) in [5.41, 5.74) is 2.98. The number of hydrogen-bond donors (Lipinski definition) is 1. The zero-order valence-corrected chi connectivity index (χ0v) is 8.16. The number of anilines is 2. The number of benzene rings is 1. The molecule has 1 amide bonds. The topological polar surface area (TPSA) is 32.3 Å². The van der Waals surface area contributed by atoms with E-state index in [1.165, 1.54) is 0 Å². The van der Waals surface area contributed by atoms with Crippen LogP contribution in [0.2, 0.25) is 0 Å². The van der Waals surface area contributed by atoms with Gasteiger partial charge in [0.1, 0.15) is 0 Å². The predicted molar refractivity (Wildman–Crippen MR) is 55.2 cm³/mol. The summed E-state index contributed by atoms with van der Waals surface area (Å²) in [5, 5.41) is 3.05. The van der Waals surface area contributed by atoms with Gasteiger partial charge in [0.2, 0.25) is 6.41 Å². The van der Waals surface area contributed by atoms with E-state index < -0.39 is 0 Å². The van der Waals surface area contributed by atoms with Gasteiger partial charge in [-0.1, -0.05) is 12.1 Å². The number of aryl methyl sites for hydroxylation is 1. The maximum absolute atomic E-state index is 10.6. The number of nitrogens with one attached hydrogen (secondary N) is 1. The van der Waals surface area contributed by atoms with E-state index in [0.29, 0.717) is 0 Å². The highest BCUT2D eigenvalue weighted by atomic mass is 16.1. The fraction of sp³-hybridized carbons (Fsp3) is 0.300. The van der Waals surface area contributed by atoms with Crippen molar-refractivity contribution in [2.45, 2.75) is 6.92 Å². The summed E-state index contributed by atoms with van der Waals surface area (Å²) in [6.45, 7) is 1.98. The van der Waals surface area contributed by atoms with Crippen molar-refractivity contribution in [2.24, 2.45) is 0 Å². The largest absolute Gasteiger partial charge is 0.386 e. The molecular formula is C10H14N2O. The molecular weight excluding hydrogens is 164 g/mol. The maximum atomic E-state index is 10.6. The van der Waals surface area contributed by atoms with Crippen LogP contribution in [0.25, 0.3) is 0 Å². The molecule has 0 fully saturated rings. The summed E-state index contributed by atoms with van der Waals surface area (Å²) in [5.74, 6) is 0. The van der Waals surface area contributed by atoms with Crippen LogP contribution in [0, 0.1) is 6.92 Å². The van der Waals surface area contributed by atoms with Crippen molar-refractivity contribution in [3.8, 4) is 0 Å². The lowest BCUT2D eigenvalue weighted by atomic mass is 10.1. The molecule has 0 radical (unpaired) electrons. The molecule has 0 unspecified atom stereocenters. The molecule has 1 aromatic rings. The Hall–Kier alpha value is -1.51. The minimum absolute atomic E-state index is 0.809. The second-order valence-corrected chi connectivity index (χ2v) is 2.94. The van der Waals surface area contributed by atoms with Crippen molar-refractivity contribution in [1.29, 1.82) is 0 Å².